The molecule has 15 nitrogen and oxygen atoms in total. The van der Waals surface area contributed by atoms with Crippen LogP contribution in [0.5, 0.6) is 0 Å². The maximum Gasteiger partial charge on any atom is 0.312 e. The lowest BCUT2D eigenvalue weighted by molar-refractivity contribution is -0.301. The molecule has 2 unspecified atom stereocenters. The molecule has 0 aromatic rings. The van der Waals surface area contributed by atoms with Crippen molar-refractivity contribution < 1.29 is 53.4 Å². The van der Waals surface area contributed by atoms with E-state index < -0.39 is 89.7 Å². The zero-order chi connectivity index (χ0) is 39.7. The Bertz CT molecular complexity index is 1140. The number of hydrogen-bond donors (Lipinski definition) is 5. The molecule has 1 amide bonds. The number of carbonyl (C=O) groups excluding carboxylic acids is 3. The number of aliphatic hydroxyl groups excluding tert-OH is 2. The van der Waals surface area contributed by atoms with Crippen LogP contribution in [0.25, 0.3) is 0 Å². The van der Waals surface area contributed by atoms with Gasteiger partial charge in [0.25, 0.3) is 0 Å². The third-order valence-corrected chi connectivity index (χ3v) is 10.9. The fourth-order valence-corrected chi connectivity index (χ4v) is 7.45. The van der Waals surface area contributed by atoms with Gasteiger partial charge in [-0.25, -0.2) is 0 Å². The van der Waals surface area contributed by atoms with Gasteiger partial charge in [0.15, 0.2) is 6.29 Å². The molecule has 2 heterocycles. The highest BCUT2D eigenvalue weighted by molar-refractivity contribution is 5.79. The molecule has 0 saturated carbocycles. The Morgan fingerprint density at radius 2 is 1.69 bits per heavy atom. The summed E-state index contributed by atoms with van der Waals surface area (Å²) < 4.78 is 31.1. The molecule has 0 aliphatic carbocycles. The summed E-state index contributed by atoms with van der Waals surface area (Å²) in [6, 6.07) is -1.21. The minimum absolute atomic E-state index is 0.0194. The van der Waals surface area contributed by atoms with Gasteiger partial charge in [-0.1, -0.05) is 20.8 Å². The van der Waals surface area contributed by atoms with E-state index in [9.17, 15) is 29.7 Å². The predicted octanol–water partition coefficient (Wildman–Crippen LogP) is 0.906. The molecule has 0 radical (unpaired) electrons. The van der Waals surface area contributed by atoms with Crippen molar-refractivity contribution in [2.75, 3.05) is 54.9 Å². The van der Waals surface area contributed by atoms with Crippen LogP contribution < -0.4 is 10.6 Å². The molecule has 2 rings (SSSR count). The maximum absolute atomic E-state index is 14.0. The first-order valence-corrected chi connectivity index (χ1v) is 18.8. The van der Waals surface area contributed by atoms with E-state index in [0.717, 1.165) is 6.54 Å². The van der Waals surface area contributed by atoms with Crippen LogP contribution >= 0.6 is 0 Å². The van der Waals surface area contributed by atoms with Crippen molar-refractivity contribution in [3.63, 3.8) is 0 Å². The fourth-order valence-electron chi connectivity index (χ4n) is 7.45. The third kappa shape index (κ3) is 12.0. The largest absolute Gasteiger partial charge is 0.461 e. The summed E-state index contributed by atoms with van der Waals surface area (Å²) in [5.41, 5.74) is -3.22. The lowest BCUT2D eigenvalue weighted by atomic mass is 9.77. The van der Waals surface area contributed by atoms with Gasteiger partial charge in [-0.15, -0.1) is 0 Å². The van der Waals surface area contributed by atoms with Crippen molar-refractivity contribution in [3.8, 4) is 0 Å². The third-order valence-electron chi connectivity index (χ3n) is 10.9. The number of esters is 2. The molecule has 304 valence electrons. The summed E-state index contributed by atoms with van der Waals surface area (Å²) in [7, 11) is 9.13. The Morgan fingerprint density at radius 1 is 1.06 bits per heavy atom. The standard InChI is InChI=1S/C37H70N4O11/c1-14-27-37(8,47)31(44)25(6)39-33(45)21(2)20-36(7,48-13)32(52-35-29(43)26(41(11)12)19-22(3)49-35)23(4)30(24(5)34(46)50-27)51-28(42)15-16-38-17-18-40(9)10/h21-27,29-32,35,38,43-44,47H,14-20H2,1-13H3,(H,39,45)/t21-,22?,23+,24-,25-,26+,27-,29-,30?,31-,32-,35+,36-,37-/m1/s1. The van der Waals surface area contributed by atoms with Crippen LogP contribution in [0.1, 0.15) is 81.1 Å². The van der Waals surface area contributed by atoms with Crippen molar-refractivity contribution in [1.82, 2.24) is 20.4 Å². The van der Waals surface area contributed by atoms with E-state index in [-0.39, 0.29) is 31.4 Å². The Hall–Kier alpha value is -1.95. The van der Waals surface area contributed by atoms with E-state index in [0.29, 0.717) is 19.5 Å². The number of nitrogens with zero attached hydrogens (tertiary/aromatic N) is 2. The number of ether oxygens (including phenoxy) is 5. The van der Waals surface area contributed by atoms with Gasteiger partial charge in [0.1, 0.15) is 30.0 Å². The van der Waals surface area contributed by atoms with Gasteiger partial charge in [-0.2, -0.15) is 0 Å². The van der Waals surface area contributed by atoms with E-state index in [1.807, 2.05) is 44.9 Å². The van der Waals surface area contributed by atoms with Crippen LogP contribution in [0.15, 0.2) is 0 Å². The average molecular weight is 747 g/mol. The molecular weight excluding hydrogens is 676 g/mol. The highest BCUT2D eigenvalue weighted by atomic mass is 16.7. The fraction of sp³-hybridized carbons (Fsp3) is 0.919. The number of cyclic esters (lactones) is 1. The first-order valence-electron chi connectivity index (χ1n) is 18.8. The first-order chi connectivity index (χ1) is 24.1. The number of methoxy groups -OCH3 is 1. The van der Waals surface area contributed by atoms with Gasteiger partial charge >= 0.3 is 11.9 Å². The second-order valence-electron chi connectivity index (χ2n) is 16.0. The second kappa shape index (κ2) is 20.1. The summed E-state index contributed by atoms with van der Waals surface area (Å²) in [5, 5.41) is 40.3. The number of amides is 1. The summed E-state index contributed by atoms with van der Waals surface area (Å²) in [6.45, 7) is 15.1. The lowest BCUT2D eigenvalue weighted by Crippen LogP contribution is -2.60. The molecule has 52 heavy (non-hydrogen) atoms. The van der Waals surface area contributed by atoms with E-state index >= 15 is 0 Å². The molecule has 0 aromatic carbocycles. The van der Waals surface area contributed by atoms with Crippen molar-refractivity contribution in [2.24, 2.45) is 17.8 Å². The van der Waals surface area contributed by atoms with E-state index in [2.05, 4.69) is 10.6 Å². The Balaban J connectivity index is 2.69. The monoisotopic (exact) mass is 747 g/mol. The molecule has 2 saturated heterocycles. The Morgan fingerprint density at radius 3 is 2.25 bits per heavy atom. The smallest absolute Gasteiger partial charge is 0.312 e. The van der Waals surface area contributed by atoms with Gasteiger partial charge in [0.2, 0.25) is 5.91 Å². The summed E-state index contributed by atoms with van der Waals surface area (Å²) >= 11 is 0. The molecular formula is C37H70N4O11. The quantitative estimate of drug-likeness (QED) is 0.140. The Kier molecular flexibility index (Phi) is 17.9. The van der Waals surface area contributed by atoms with Gasteiger partial charge < -0.3 is 59.4 Å². The van der Waals surface area contributed by atoms with Gasteiger partial charge in [-0.3, -0.25) is 14.4 Å². The van der Waals surface area contributed by atoms with Crippen LogP contribution in [-0.4, -0.2) is 164 Å². The Labute approximate surface area is 311 Å². The maximum atomic E-state index is 14.0. The zero-order valence-corrected chi connectivity index (χ0v) is 33.9. The van der Waals surface area contributed by atoms with Crippen LogP contribution in [0.2, 0.25) is 0 Å². The first kappa shape index (κ1) is 46.2. The normalized spacial score (nSPS) is 40.1. The number of aliphatic hydroxyl groups is 3. The van der Waals surface area contributed by atoms with E-state index in [1.54, 1.807) is 41.5 Å². The minimum atomic E-state index is -1.95. The molecule has 2 fully saturated rings. The molecule has 0 bridgehead atoms. The topological polar surface area (TPSA) is 189 Å². The molecule has 2 aliphatic heterocycles. The molecule has 15 heteroatoms. The number of carbonyl (C=O) groups is 3. The number of hydrogen-bond acceptors (Lipinski definition) is 14. The molecule has 0 aromatic heterocycles. The molecule has 5 N–H and O–H groups in total. The van der Waals surface area contributed by atoms with Crippen LogP contribution in [0, 0.1) is 17.8 Å². The molecule has 2 aliphatic rings. The summed E-state index contributed by atoms with van der Waals surface area (Å²) in [5.74, 6) is -4.32. The van der Waals surface area contributed by atoms with Crippen molar-refractivity contribution in [1.29, 1.82) is 0 Å². The van der Waals surface area contributed by atoms with Crippen LogP contribution in [0.3, 0.4) is 0 Å². The lowest BCUT2D eigenvalue weighted by Gasteiger charge is -2.48. The number of rotatable bonds is 12. The molecule has 0 spiro atoms. The van der Waals surface area contributed by atoms with Crippen LogP contribution in [-0.2, 0) is 38.1 Å². The van der Waals surface area contributed by atoms with Gasteiger partial charge in [0.05, 0.1) is 36.2 Å². The SMILES string of the molecule is CC[C@H]1OC(=O)[C@H](C)C(OC(=O)CCNCCN(C)C)[C@H](C)[C@@H](O[C@@H]2OC(C)C[C@H](N(C)C)[C@H]2O)[C@](C)(OC)C[C@@H](C)C(=O)N[C@H](C)[C@@H](O)[C@]1(C)O. The van der Waals surface area contributed by atoms with Gasteiger partial charge in [0, 0.05) is 44.6 Å². The van der Waals surface area contributed by atoms with Crippen LogP contribution in [0.4, 0.5) is 0 Å². The number of nitrogens with one attached hydrogen (secondary N) is 2. The minimum Gasteiger partial charge on any atom is -0.461 e. The second-order valence-corrected chi connectivity index (χ2v) is 16.0. The number of likely N-dealkylation sites (N-methyl/N-ethyl adjacent to an activating group) is 2. The summed E-state index contributed by atoms with van der Waals surface area (Å²) in [4.78, 5) is 45.0. The summed E-state index contributed by atoms with van der Waals surface area (Å²) in [6.07, 6.45) is -6.48. The molecule has 14 atom stereocenters. The highest BCUT2D eigenvalue weighted by Gasteiger charge is 2.52. The van der Waals surface area contributed by atoms with Crippen molar-refractivity contribution >= 4 is 17.8 Å². The van der Waals surface area contributed by atoms with E-state index in [1.165, 1.54) is 14.0 Å². The van der Waals surface area contributed by atoms with Gasteiger partial charge in [-0.05, 0) is 82.1 Å². The average Bonchev–Trinajstić information content (AvgIpc) is 3.07. The predicted molar refractivity (Wildman–Crippen MR) is 195 cm³/mol. The van der Waals surface area contributed by atoms with Crippen molar-refractivity contribution in [2.45, 2.75) is 147 Å². The van der Waals surface area contributed by atoms with Crippen molar-refractivity contribution in [3.05, 3.63) is 0 Å². The van der Waals surface area contributed by atoms with E-state index in [4.69, 9.17) is 23.7 Å². The highest BCUT2D eigenvalue weighted by Crippen LogP contribution is 2.39. The zero-order valence-electron chi connectivity index (χ0n) is 33.9.